The molecule has 0 aliphatic heterocycles. The number of rotatable bonds is 0. The van der Waals surface area contributed by atoms with Gasteiger partial charge < -0.3 is 0 Å². The highest BCUT2D eigenvalue weighted by Crippen LogP contribution is 2.54. The second-order valence-electron chi connectivity index (χ2n) is 6.90. The first-order valence-corrected chi connectivity index (χ1v) is 9.15. The average Bonchev–Trinajstić information content (AvgIpc) is 2.61. The fourth-order valence-corrected chi connectivity index (χ4v) is 4.33. The fourth-order valence-electron chi connectivity index (χ4n) is 4.33. The molecule has 4 atom stereocenters. The lowest BCUT2D eigenvalue weighted by atomic mass is 9.53. The van der Waals surface area contributed by atoms with Crippen LogP contribution >= 0.6 is 0 Å². The van der Waals surface area contributed by atoms with Gasteiger partial charge >= 0.3 is 0 Å². The van der Waals surface area contributed by atoms with Crippen LogP contribution in [0.2, 0.25) is 0 Å². The van der Waals surface area contributed by atoms with E-state index in [0.29, 0.717) is 11.3 Å². The van der Waals surface area contributed by atoms with Gasteiger partial charge in [-0.25, -0.2) is 0 Å². The third-order valence-corrected chi connectivity index (χ3v) is 5.39. The number of hydrogen-bond donors (Lipinski definition) is 0. The van der Waals surface area contributed by atoms with Gasteiger partial charge in [-0.3, -0.25) is 0 Å². The minimum absolute atomic E-state index is 0.435. The first-order valence-electron chi connectivity index (χ1n) is 9.15. The van der Waals surface area contributed by atoms with Crippen LogP contribution in [0.4, 0.5) is 0 Å². The molecule has 23 heavy (non-hydrogen) atoms. The molecule has 1 fully saturated rings. The maximum atomic E-state index is 3.00. The zero-order valence-electron chi connectivity index (χ0n) is 16.1. The van der Waals surface area contributed by atoms with Gasteiger partial charge in [-0.1, -0.05) is 71.4 Å². The van der Waals surface area contributed by atoms with Gasteiger partial charge in [-0.2, -0.15) is 0 Å². The molecule has 0 spiro atoms. The highest BCUT2D eigenvalue weighted by atomic mass is 14.5. The van der Waals surface area contributed by atoms with Crippen LogP contribution in [0.15, 0.2) is 62.3 Å². The number of hydrogen-bond acceptors (Lipinski definition) is 0. The summed E-state index contributed by atoms with van der Waals surface area (Å²) in [7, 11) is 0. The molecule has 3 aliphatic carbocycles. The van der Waals surface area contributed by atoms with E-state index in [2.05, 4.69) is 77.5 Å². The first-order chi connectivity index (χ1) is 11.1. The molecule has 3 rings (SSSR count). The van der Waals surface area contributed by atoms with E-state index in [9.17, 15) is 0 Å². The lowest BCUT2D eigenvalue weighted by molar-refractivity contribution is 0.0548. The van der Waals surface area contributed by atoms with Gasteiger partial charge in [-0.15, -0.1) is 26.3 Å². The molecule has 0 bridgehead atoms. The smallest absolute Gasteiger partial charge is 0.00721 e. The van der Waals surface area contributed by atoms with Gasteiger partial charge in [-0.05, 0) is 41.6 Å². The second-order valence-corrected chi connectivity index (χ2v) is 6.90. The maximum Gasteiger partial charge on any atom is 0.00721 e. The monoisotopic (exact) mass is 314 g/mol. The van der Waals surface area contributed by atoms with Gasteiger partial charge in [0.25, 0.3) is 0 Å². The third kappa shape index (κ3) is 4.83. The molecule has 0 saturated heterocycles. The normalized spacial score (nSPS) is 32.1. The van der Waals surface area contributed by atoms with Crippen LogP contribution in [0.25, 0.3) is 0 Å². The largest absolute Gasteiger partial charge is 0.106 e. The van der Waals surface area contributed by atoms with Crippen molar-refractivity contribution in [1.29, 1.82) is 0 Å². The van der Waals surface area contributed by atoms with E-state index in [1.54, 1.807) is 5.57 Å². The van der Waals surface area contributed by atoms with Crippen molar-refractivity contribution in [3.63, 3.8) is 0 Å². The second kappa shape index (κ2) is 10.5. The van der Waals surface area contributed by atoms with Crippen molar-refractivity contribution in [3.8, 4) is 0 Å². The third-order valence-electron chi connectivity index (χ3n) is 5.39. The van der Waals surface area contributed by atoms with E-state index >= 15 is 0 Å². The molecule has 0 heteroatoms. The summed E-state index contributed by atoms with van der Waals surface area (Å²) in [5.74, 6) is 3.30. The summed E-state index contributed by atoms with van der Waals surface area (Å²) in [6.07, 6.45) is 16.0. The minimum Gasteiger partial charge on any atom is -0.106 e. The molecule has 0 amide bonds. The van der Waals surface area contributed by atoms with E-state index in [0.717, 1.165) is 17.8 Å². The summed E-state index contributed by atoms with van der Waals surface area (Å²) in [6.45, 7) is 23.4. The molecule has 0 N–H and O–H groups in total. The van der Waals surface area contributed by atoms with E-state index in [1.807, 2.05) is 13.8 Å². The van der Waals surface area contributed by atoms with Crippen molar-refractivity contribution in [2.45, 2.75) is 53.9 Å². The van der Waals surface area contributed by atoms with Crippen LogP contribution in [-0.2, 0) is 0 Å². The molecule has 130 valence electrons. The lowest BCUT2D eigenvalue weighted by Crippen LogP contribution is -2.43. The minimum atomic E-state index is 0.435. The van der Waals surface area contributed by atoms with Crippen molar-refractivity contribution in [2.75, 3.05) is 0 Å². The van der Waals surface area contributed by atoms with Gasteiger partial charge in [0.15, 0.2) is 0 Å². The molecule has 0 aromatic rings. The van der Waals surface area contributed by atoms with Crippen LogP contribution in [0, 0.1) is 29.1 Å². The van der Waals surface area contributed by atoms with Crippen LogP contribution in [0.5, 0.6) is 0 Å². The van der Waals surface area contributed by atoms with Gasteiger partial charge in [0, 0.05) is 5.92 Å². The van der Waals surface area contributed by atoms with Crippen LogP contribution < -0.4 is 0 Å². The Labute approximate surface area is 145 Å². The van der Waals surface area contributed by atoms with Crippen LogP contribution in [0.3, 0.4) is 0 Å². The van der Waals surface area contributed by atoms with Crippen molar-refractivity contribution < 1.29 is 0 Å². The zero-order valence-corrected chi connectivity index (χ0v) is 16.1. The summed E-state index contributed by atoms with van der Waals surface area (Å²) >= 11 is 0. The molecule has 1 saturated carbocycles. The van der Waals surface area contributed by atoms with Crippen molar-refractivity contribution in [1.82, 2.24) is 0 Å². The molecule has 0 heterocycles. The van der Waals surface area contributed by atoms with Gasteiger partial charge in [0.2, 0.25) is 0 Å². The summed E-state index contributed by atoms with van der Waals surface area (Å²) in [5, 5.41) is 0. The van der Waals surface area contributed by atoms with Crippen LogP contribution in [0.1, 0.15) is 53.9 Å². The molecule has 0 nitrogen and oxygen atoms in total. The molecular weight excluding hydrogens is 276 g/mol. The quantitative estimate of drug-likeness (QED) is 0.409. The SMILES string of the molecule is C=C.C=C.CC.CC1CCC2C=C3C=CC=CC3C(C)(C)C2C1. The Bertz CT molecular complexity index is 419. The van der Waals surface area contributed by atoms with E-state index in [4.69, 9.17) is 0 Å². The van der Waals surface area contributed by atoms with E-state index in [-0.39, 0.29) is 0 Å². The molecule has 0 aromatic heterocycles. The highest BCUT2D eigenvalue weighted by Gasteiger charge is 2.46. The Morgan fingerprint density at radius 3 is 2.22 bits per heavy atom. The maximum absolute atomic E-state index is 3.00. The summed E-state index contributed by atoms with van der Waals surface area (Å²) in [6, 6.07) is 0. The predicted molar refractivity (Wildman–Crippen MR) is 107 cm³/mol. The van der Waals surface area contributed by atoms with E-state index in [1.165, 1.54) is 19.3 Å². The average molecular weight is 315 g/mol. The summed E-state index contributed by atoms with van der Waals surface area (Å²) < 4.78 is 0. The topological polar surface area (TPSA) is 0 Å². The Kier molecular flexibility index (Phi) is 9.88. The molecule has 0 radical (unpaired) electrons. The van der Waals surface area contributed by atoms with Crippen LogP contribution in [-0.4, -0.2) is 0 Å². The standard InChI is InChI=1S/C17H24.C2H6.2C2H4/c1-12-8-9-14-11-13-6-4-5-7-15(13)17(2,3)16(14)10-12;3*1-2/h4-7,11-12,14-16H,8-10H2,1-3H3;1-2H3;2*1-2H2. The van der Waals surface area contributed by atoms with Crippen molar-refractivity contribution >= 4 is 0 Å². The summed E-state index contributed by atoms with van der Waals surface area (Å²) in [4.78, 5) is 0. The molecule has 3 aliphatic rings. The predicted octanol–water partition coefficient (Wildman–Crippen LogP) is 7.38. The molecule has 0 aromatic carbocycles. The molecular formula is C23H38. The lowest BCUT2D eigenvalue weighted by Gasteiger charge is -2.51. The van der Waals surface area contributed by atoms with E-state index < -0.39 is 0 Å². The zero-order chi connectivity index (χ0) is 18.0. The van der Waals surface area contributed by atoms with Gasteiger partial charge in [0.1, 0.15) is 0 Å². The van der Waals surface area contributed by atoms with Gasteiger partial charge in [0.05, 0.1) is 0 Å². The van der Waals surface area contributed by atoms with Crippen molar-refractivity contribution in [3.05, 3.63) is 62.3 Å². The highest BCUT2D eigenvalue weighted by molar-refractivity contribution is 5.38. The Balaban J connectivity index is 0.000000728. The number of fused-ring (bicyclic) bond motifs is 2. The molecule has 4 unspecified atom stereocenters. The Hall–Kier alpha value is -1.30. The summed E-state index contributed by atoms with van der Waals surface area (Å²) in [5.41, 5.74) is 2.01. The van der Waals surface area contributed by atoms with Crippen molar-refractivity contribution in [2.24, 2.45) is 29.1 Å². The fraction of sp³-hybridized carbons (Fsp3) is 0.565. The Morgan fingerprint density at radius 2 is 1.61 bits per heavy atom. The first kappa shape index (κ1) is 21.7. The number of allylic oxidation sites excluding steroid dienone is 6. The Morgan fingerprint density at radius 1 is 1.00 bits per heavy atom.